The van der Waals surface area contributed by atoms with E-state index in [-0.39, 0.29) is 31.7 Å². The predicted molar refractivity (Wildman–Crippen MR) is 159 cm³/mol. The van der Waals surface area contributed by atoms with Crippen LogP contribution in [0.25, 0.3) is 16.9 Å². The van der Waals surface area contributed by atoms with Gasteiger partial charge in [0.25, 0.3) is 5.91 Å². The lowest BCUT2D eigenvalue weighted by Crippen LogP contribution is -2.50. The molecule has 216 valence electrons. The molecule has 2 aromatic carbocycles. The highest BCUT2D eigenvalue weighted by molar-refractivity contribution is 7.51. The molecule has 1 saturated carbocycles. The number of nitrogens with one attached hydrogen (secondary N) is 1. The molecule has 0 spiro atoms. The molecule has 1 heterocycles. The Morgan fingerprint density at radius 1 is 1.15 bits per heavy atom. The molecule has 0 atom stereocenters. The summed E-state index contributed by atoms with van der Waals surface area (Å²) in [5, 5.41) is 8.88. The molecular weight excluding hydrogens is 572 g/mol. The van der Waals surface area contributed by atoms with Crippen molar-refractivity contribution < 1.29 is 23.9 Å². The van der Waals surface area contributed by atoms with E-state index in [9.17, 15) is 9.36 Å². The van der Waals surface area contributed by atoms with Crippen LogP contribution < -0.4 is 5.32 Å². The van der Waals surface area contributed by atoms with Crippen molar-refractivity contribution in [3.63, 3.8) is 0 Å². The monoisotopic (exact) mass is 607 g/mol. The zero-order valence-electron chi connectivity index (χ0n) is 23.0. The van der Waals surface area contributed by atoms with E-state index in [1.54, 1.807) is 22.9 Å². The summed E-state index contributed by atoms with van der Waals surface area (Å²) in [6.45, 7) is 6.64. The van der Waals surface area contributed by atoms with Crippen molar-refractivity contribution in [2.45, 2.75) is 64.3 Å². The minimum atomic E-state index is -4.06. The normalized spacial score (nSPS) is 15.1. The molecule has 1 aliphatic carbocycles. The van der Waals surface area contributed by atoms with Crippen molar-refractivity contribution in [1.82, 2.24) is 15.1 Å². The number of benzene rings is 2. The molecule has 4 rings (SSSR count). The van der Waals surface area contributed by atoms with Gasteiger partial charge in [0.05, 0.1) is 34.7 Å². The number of hydrogen-bond acceptors (Lipinski definition) is 4. The number of carbonyl (C=O) groups excluding carboxylic acids is 1. The van der Waals surface area contributed by atoms with Gasteiger partial charge in [-0.05, 0) is 55.9 Å². The maximum absolute atomic E-state index is 13.8. The summed E-state index contributed by atoms with van der Waals surface area (Å²) < 4.78 is 18.6. The van der Waals surface area contributed by atoms with Crippen molar-refractivity contribution in [2.75, 3.05) is 19.4 Å². The fourth-order valence-corrected chi connectivity index (χ4v) is 6.23. The van der Waals surface area contributed by atoms with Gasteiger partial charge in [-0.2, -0.15) is 5.10 Å². The molecular formula is C29H36Cl2N3O5P. The molecule has 1 fully saturated rings. The Hall–Kier alpha value is -2.19. The number of hydrogen-bond donors (Lipinski definition) is 3. The lowest BCUT2D eigenvalue weighted by atomic mass is 9.97. The Balaban J connectivity index is 1.65. The van der Waals surface area contributed by atoms with E-state index in [4.69, 9.17) is 42.8 Å². The number of nitrogens with zero attached hydrogens (tertiary/aromatic N) is 2. The number of carbonyl (C=O) groups is 1. The first kappa shape index (κ1) is 30.8. The third kappa shape index (κ3) is 7.35. The second kappa shape index (κ2) is 12.8. The van der Waals surface area contributed by atoms with Gasteiger partial charge in [0.15, 0.2) is 5.69 Å². The van der Waals surface area contributed by atoms with Gasteiger partial charge in [-0.25, -0.2) is 4.68 Å². The van der Waals surface area contributed by atoms with Crippen LogP contribution >= 0.6 is 30.8 Å². The van der Waals surface area contributed by atoms with Crippen LogP contribution in [0.3, 0.4) is 0 Å². The van der Waals surface area contributed by atoms with E-state index < -0.39 is 13.1 Å². The summed E-state index contributed by atoms with van der Waals surface area (Å²) >= 11 is 12.8. The molecule has 3 aromatic rings. The number of halogens is 2. The van der Waals surface area contributed by atoms with Crippen LogP contribution in [0.5, 0.6) is 0 Å². The predicted octanol–water partition coefficient (Wildman–Crippen LogP) is 6.90. The SMILES string of the molecule is Cc1c(C(=O)NC2(COCCCP(=O)(O)O)CCCC2)nn(-c2ccc(Cl)cc2Cl)c1-c1ccc(C(C)C)cc1. The zero-order chi connectivity index (χ0) is 29.1. The van der Waals surface area contributed by atoms with E-state index in [1.165, 1.54) is 5.56 Å². The van der Waals surface area contributed by atoms with Gasteiger partial charge in [-0.15, -0.1) is 0 Å². The molecule has 1 amide bonds. The minimum absolute atomic E-state index is 0.210. The van der Waals surface area contributed by atoms with E-state index in [0.29, 0.717) is 27.3 Å². The lowest BCUT2D eigenvalue weighted by molar-refractivity contribution is 0.0595. The molecule has 0 bridgehead atoms. The fraction of sp³-hybridized carbons (Fsp3) is 0.448. The fourth-order valence-electron chi connectivity index (χ4n) is 5.20. The standard InChI is InChI=1S/C29H36Cl2N3O5P/c1-19(2)21-7-9-22(10-8-21)27-20(3)26(33-34(27)25-12-11-23(30)17-24(25)31)28(35)32-29(13-4-5-14-29)18-39-15-6-16-40(36,37)38/h7-12,17,19H,4-6,13-16,18H2,1-3H3,(H,32,35)(H2,36,37,38). The van der Waals surface area contributed by atoms with Crippen molar-refractivity contribution in [1.29, 1.82) is 0 Å². The Morgan fingerprint density at radius 2 is 1.82 bits per heavy atom. The number of rotatable bonds is 11. The van der Waals surface area contributed by atoms with Crippen LogP contribution in [-0.2, 0) is 9.30 Å². The van der Waals surface area contributed by atoms with Crippen LogP contribution in [0, 0.1) is 6.92 Å². The summed E-state index contributed by atoms with van der Waals surface area (Å²) in [6.07, 6.45) is 3.43. The largest absolute Gasteiger partial charge is 0.379 e. The van der Waals surface area contributed by atoms with E-state index in [2.05, 4.69) is 31.3 Å². The van der Waals surface area contributed by atoms with E-state index in [1.807, 2.05) is 19.1 Å². The van der Waals surface area contributed by atoms with Crippen molar-refractivity contribution >= 4 is 36.7 Å². The van der Waals surface area contributed by atoms with Gasteiger partial charge in [0.1, 0.15) is 0 Å². The highest BCUT2D eigenvalue weighted by atomic mass is 35.5. The summed E-state index contributed by atoms with van der Waals surface area (Å²) in [7, 11) is -4.06. The molecule has 0 radical (unpaired) electrons. The van der Waals surface area contributed by atoms with Crippen molar-refractivity contribution in [3.05, 3.63) is 69.3 Å². The quantitative estimate of drug-likeness (QED) is 0.161. The molecule has 0 aliphatic heterocycles. The van der Waals surface area contributed by atoms with Crippen LogP contribution in [0.15, 0.2) is 42.5 Å². The first-order valence-corrected chi connectivity index (χ1v) is 16.0. The van der Waals surface area contributed by atoms with Gasteiger partial charge >= 0.3 is 7.60 Å². The molecule has 1 aromatic heterocycles. The second-order valence-corrected chi connectivity index (χ2v) is 13.5. The van der Waals surface area contributed by atoms with Gasteiger partial charge < -0.3 is 19.8 Å². The van der Waals surface area contributed by atoms with Crippen LogP contribution in [-0.4, -0.2) is 50.4 Å². The molecule has 3 N–H and O–H groups in total. The van der Waals surface area contributed by atoms with Crippen LogP contribution in [0.2, 0.25) is 10.0 Å². The molecule has 11 heteroatoms. The smallest absolute Gasteiger partial charge is 0.325 e. The number of amides is 1. The highest BCUT2D eigenvalue weighted by Gasteiger charge is 2.37. The zero-order valence-corrected chi connectivity index (χ0v) is 25.4. The highest BCUT2D eigenvalue weighted by Crippen LogP contribution is 2.36. The lowest BCUT2D eigenvalue weighted by Gasteiger charge is -2.30. The van der Waals surface area contributed by atoms with Gasteiger partial charge in [-0.3, -0.25) is 9.36 Å². The third-order valence-corrected chi connectivity index (χ3v) is 8.82. The summed E-state index contributed by atoms with van der Waals surface area (Å²) in [4.78, 5) is 31.9. The first-order chi connectivity index (χ1) is 18.9. The van der Waals surface area contributed by atoms with Crippen LogP contribution in [0.4, 0.5) is 0 Å². The summed E-state index contributed by atoms with van der Waals surface area (Å²) in [6, 6.07) is 13.4. The number of aromatic nitrogens is 2. The minimum Gasteiger partial charge on any atom is -0.379 e. The van der Waals surface area contributed by atoms with Crippen molar-refractivity contribution in [2.24, 2.45) is 0 Å². The third-order valence-electron chi connectivity index (χ3n) is 7.38. The molecule has 0 unspecified atom stereocenters. The average molecular weight is 609 g/mol. The van der Waals surface area contributed by atoms with Gasteiger partial charge in [-0.1, -0.05) is 74.2 Å². The van der Waals surface area contributed by atoms with Gasteiger partial charge in [0, 0.05) is 22.8 Å². The summed E-state index contributed by atoms with van der Waals surface area (Å²) in [5.74, 6) is 0.0795. The maximum atomic E-state index is 13.8. The second-order valence-electron chi connectivity index (χ2n) is 10.8. The Morgan fingerprint density at radius 3 is 2.42 bits per heavy atom. The first-order valence-electron chi connectivity index (χ1n) is 13.5. The van der Waals surface area contributed by atoms with E-state index in [0.717, 1.165) is 42.5 Å². The Kier molecular flexibility index (Phi) is 9.82. The summed E-state index contributed by atoms with van der Waals surface area (Å²) in [5.41, 5.74) is 3.94. The topological polar surface area (TPSA) is 114 Å². The molecule has 8 nitrogen and oxygen atoms in total. The maximum Gasteiger partial charge on any atom is 0.325 e. The van der Waals surface area contributed by atoms with Crippen LogP contribution in [0.1, 0.15) is 73.5 Å². The number of ether oxygens (including phenoxy) is 1. The Bertz CT molecular complexity index is 1400. The van der Waals surface area contributed by atoms with E-state index >= 15 is 0 Å². The molecule has 1 aliphatic rings. The molecule has 40 heavy (non-hydrogen) atoms. The van der Waals surface area contributed by atoms with Gasteiger partial charge in [0.2, 0.25) is 0 Å². The average Bonchev–Trinajstić information content (AvgIpc) is 3.47. The van der Waals surface area contributed by atoms with Crippen molar-refractivity contribution in [3.8, 4) is 16.9 Å². The Labute approximate surface area is 245 Å². The molecule has 0 saturated heterocycles.